The molecule has 4 rings (SSSR count). The van der Waals surface area contributed by atoms with Crippen molar-refractivity contribution in [3.63, 3.8) is 0 Å². The molecule has 4 aromatic rings. The van der Waals surface area contributed by atoms with E-state index in [0.717, 1.165) is 22.0 Å². The molecule has 0 aliphatic rings. The molecule has 0 amide bonds. The number of hydrogen-bond donors (Lipinski definition) is 1. The van der Waals surface area contributed by atoms with Gasteiger partial charge >= 0.3 is 0 Å². The smallest absolute Gasteiger partial charge is 0.203 e. The van der Waals surface area contributed by atoms with Crippen LogP contribution in [0.4, 0.5) is 5.69 Å². The Morgan fingerprint density at radius 2 is 1.58 bits per heavy atom. The van der Waals surface area contributed by atoms with E-state index in [1.165, 1.54) is 6.08 Å². The van der Waals surface area contributed by atoms with Gasteiger partial charge in [-0.15, -0.1) is 0 Å². The highest BCUT2D eigenvalue weighted by Crippen LogP contribution is 2.39. The van der Waals surface area contributed by atoms with Gasteiger partial charge in [-0.25, -0.2) is 0 Å². The number of halogens is 1. The van der Waals surface area contributed by atoms with Crippen LogP contribution in [0.5, 0.6) is 23.0 Å². The minimum atomic E-state index is -0.107. The van der Waals surface area contributed by atoms with E-state index in [4.69, 9.17) is 30.5 Å². The van der Waals surface area contributed by atoms with Gasteiger partial charge in [0.2, 0.25) is 5.75 Å². The van der Waals surface area contributed by atoms with Crippen molar-refractivity contribution in [3.8, 4) is 23.0 Å². The Kier molecular flexibility index (Phi) is 8.28. The molecule has 0 radical (unpaired) electrons. The molecule has 0 aliphatic carbocycles. The van der Waals surface area contributed by atoms with Gasteiger partial charge in [0.05, 0.1) is 33.5 Å². The summed E-state index contributed by atoms with van der Waals surface area (Å²) in [7, 11) is 8.18. The topological polar surface area (TPSA) is 71.0 Å². The molecule has 0 aliphatic heterocycles. The zero-order chi connectivity index (χ0) is 27.2. The molecule has 0 spiro atoms. The number of nitrogens with one attached hydrogen (secondary N) is 1. The number of carbonyl (C=O) groups is 1. The molecule has 1 aromatic heterocycles. The van der Waals surface area contributed by atoms with Crippen molar-refractivity contribution in [1.82, 2.24) is 4.57 Å². The van der Waals surface area contributed by atoms with E-state index >= 15 is 0 Å². The normalized spacial score (nSPS) is 11.3. The maximum atomic E-state index is 13.0. The summed E-state index contributed by atoms with van der Waals surface area (Å²) in [5.74, 6) is 2.01. The number of anilines is 1. The quantitative estimate of drug-likeness (QED) is 0.137. The van der Waals surface area contributed by atoms with Crippen LogP contribution in [0.15, 0.2) is 67.0 Å². The number of allylic oxidation sites excluding steroid dienone is 1. The fourth-order valence-electron chi connectivity index (χ4n) is 4.21. The second-order valence-corrected chi connectivity index (χ2v) is 8.79. The lowest BCUT2D eigenvalue weighted by Gasteiger charge is -2.13. The second-order valence-electron chi connectivity index (χ2n) is 8.38. The minimum absolute atomic E-state index is 0.107. The number of methoxy groups -OCH3 is 4. The first-order chi connectivity index (χ1) is 18.4. The van der Waals surface area contributed by atoms with E-state index in [1.54, 1.807) is 46.8 Å². The van der Waals surface area contributed by atoms with E-state index in [1.807, 2.05) is 66.4 Å². The molecule has 0 atom stereocenters. The summed E-state index contributed by atoms with van der Waals surface area (Å²) in [5.41, 5.74) is 3.96. The third-order valence-corrected chi connectivity index (χ3v) is 6.40. The number of para-hydroxylation sites is 1. The molecule has 3 aromatic carbocycles. The standard InChI is InChI=1S/C30H29ClN2O5/c1-33-18-22(21-8-6-7-9-25(21)33)26(34)12-13-32-24-17-27(35-2)23(31)16-20(24)11-10-19-14-28(36-3)30(38-5)29(15-19)37-4/h6-18,32H,1-5H3. The van der Waals surface area contributed by atoms with Crippen molar-refractivity contribution in [1.29, 1.82) is 0 Å². The van der Waals surface area contributed by atoms with Gasteiger partial charge in [-0.05, 0) is 35.4 Å². The van der Waals surface area contributed by atoms with Crippen molar-refractivity contribution in [2.75, 3.05) is 33.8 Å². The Morgan fingerprint density at radius 3 is 2.24 bits per heavy atom. The van der Waals surface area contributed by atoms with Crippen LogP contribution >= 0.6 is 11.6 Å². The molecular weight excluding hydrogens is 504 g/mol. The maximum Gasteiger partial charge on any atom is 0.203 e. The van der Waals surface area contributed by atoms with E-state index < -0.39 is 0 Å². The van der Waals surface area contributed by atoms with Gasteiger partial charge in [0.25, 0.3) is 0 Å². The van der Waals surface area contributed by atoms with Gasteiger partial charge in [-0.1, -0.05) is 42.0 Å². The number of fused-ring (bicyclic) bond motifs is 1. The first kappa shape index (κ1) is 26.7. The summed E-state index contributed by atoms with van der Waals surface area (Å²) in [6.07, 6.45) is 8.76. The van der Waals surface area contributed by atoms with Crippen LogP contribution in [-0.2, 0) is 7.05 Å². The van der Waals surface area contributed by atoms with Gasteiger partial charge in [0.1, 0.15) is 5.75 Å². The summed E-state index contributed by atoms with van der Waals surface area (Å²) in [4.78, 5) is 13.0. The van der Waals surface area contributed by atoms with E-state index in [-0.39, 0.29) is 5.78 Å². The SMILES string of the molecule is COc1cc(NC=CC(=O)c2cn(C)c3ccccc23)c(C=Cc2cc(OC)c(OC)c(OC)c2)cc1Cl. The van der Waals surface area contributed by atoms with Crippen molar-refractivity contribution in [2.24, 2.45) is 7.05 Å². The number of carbonyl (C=O) groups excluding carboxylic acids is 1. The van der Waals surface area contributed by atoms with Crippen LogP contribution in [-0.4, -0.2) is 38.8 Å². The summed E-state index contributed by atoms with van der Waals surface area (Å²) in [5, 5.41) is 4.57. The van der Waals surface area contributed by atoms with Gasteiger partial charge < -0.3 is 28.8 Å². The number of ether oxygens (including phenoxy) is 4. The average molecular weight is 533 g/mol. The lowest BCUT2D eigenvalue weighted by molar-refractivity contribution is 0.104. The second kappa shape index (κ2) is 11.8. The lowest BCUT2D eigenvalue weighted by atomic mass is 10.1. The van der Waals surface area contributed by atoms with Crippen molar-refractivity contribution < 1.29 is 23.7 Å². The van der Waals surface area contributed by atoms with Crippen LogP contribution < -0.4 is 24.3 Å². The van der Waals surface area contributed by atoms with Crippen LogP contribution in [0.1, 0.15) is 21.5 Å². The fraction of sp³-hybridized carbons (Fsp3) is 0.167. The molecule has 1 N–H and O–H groups in total. The molecule has 7 nitrogen and oxygen atoms in total. The van der Waals surface area contributed by atoms with Crippen molar-refractivity contribution in [2.45, 2.75) is 0 Å². The largest absolute Gasteiger partial charge is 0.495 e. The first-order valence-corrected chi connectivity index (χ1v) is 12.1. The monoisotopic (exact) mass is 532 g/mol. The Labute approximate surface area is 226 Å². The van der Waals surface area contributed by atoms with E-state index in [0.29, 0.717) is 39.3 Å². The summed E-state index contributed by atoms with van der Waals surface area (Å²) >= 11 is 6.42. The maximum absolute atomic E-state index is 13.0. The summed E-state index contributed by atoms with van der Waals surface area (Å²) < 4.78 is 23.7. The molecule has 0 bridgehead atoms. The number of benzene rings is 3. The van der Waals surface area contributed by atoms with Crippen molar-refractivity contribution in [3.05, 3.63) is 88.7 Å². The predicted molar refractivity (Wildman–Crippen MR) is 153 cm³/mol. The molecule has 38 heavy (non-hydrogen) atoms. The highest BCUT2D eigenvalue weighted by molar-refractivity contribution is 6.32. The number of aryl methyl sites for hydroxylation is 1. The molecule has 0 fully saturated rings. The summed E-state index contributed by atoms with van der Waals surface area (Å²) in [6, 6.07) is 15.1. The number of nitrogens with zero attached hydrogens (tertiary/aromatic N) is 1. The highest BCUT2D eigenvalue weighted by Gasteiger charge is 2.13. The van der Waals surface area contributed by atoms with Crippen molar-refractivity contribution >= 4 is 46.1 Å². The van der Waals surface area contributed by atoms with Gasteiger partial charge in [0, 0.05) is 53.7 Å². The Hall–Kier alpha value is -4.36. The third kappa shape index (κ3) is 5.48. The molecule has 0 saturated carbocycles. The third-order valence-electron chi connectivity index (χ3n) is 6.10. The molecular formula is C30H29ClN2O5. The summed E-state index contributed by atoms with van der Waals surface area (Å²) in [6.45, 7) is 0. The molecule has 1 heterocycles. The Morgan fingerprint density at radius 1 is 0.895 bits per heavy atom. The Bertz CT molecular complexity index is 1510. The molecule has 196 valence electrons. The van der Waals surface area contributed by atoms with E-state index in [2.05, 4.69) is 5.32 Å². The lowest BCUT2D eigenvalue weighted by Crippen LogP contribution is -1.98. The van der Waals surface area contributed by atoms with Gasteiger partial charge in [-0.3, -0.25) is 4.79 Å². The molecule has 0 unspecified atom stereocenters. The zero-order valence-electron chi connectivity index (χ0n) is 21.9. The van der Waals surface area contributed by atoms with Crippen LogP contribution in [0.3, 0.4) is 0 Å². The van der Waals surface area contributed by atoms with Gasteiger partial charge in [0.15, 0.2) is 17.3 Å². The van der Waals surface area contributed by atoms with Gasteiger partial charge in [-0.2, -0.15) is 0 Å². The molecule has 0 saturated heterocycles. The number of hydrogen-bond acceptors (Lipinski definition) is 6. The number of ketones is 1. The van der Waals surface area contributed by atoms with Crippen LogP contribution in [0.2, 0.25) is 5.02 Å². The van der Waals surface area contributed by atoms with Crippen LogP contribution in [0, 0.1) is 0 Å². The fourth-order valence-corrected chi connectivity index (χ4v) is 4.46. The van der Waals surface area contributed by atoms with E-state index in [9.17, 15) is 4.79 Å². The predicted octanol–water partition coefficient (Wildman–Crippen LogP) is 6.85. The number of aromatic nitrogens is 1. The zero-order valence-corrected chi connectivity index (χ0v) is 22.6. The molecule has 8 heteroatoms. The average Bonchev–Trinajstić information content (AvgIpc) is 3.28. The highest BCUT2D eigenvalue weighted by atomic mass is 35.5. The number of rotatable bonds is 10. The van der Waals surface area contributed by atoms with Crippen LogP contribution in [0.25, 0.3) is 23.1 Å². The Balaban J connectivity index is 1.63. The minimum Gasteiger partial charge on any atom is -0.495 e. The first-order valence-electron chi connectivity index (χ1n) is 11.8.